The van der Waals surface area contributed by atoms with Crippen LogP contribution in [0.2, 0.25) is 0 Å². The van der Waals surface area contributed by atoms with Gasteiger partial charge in [0.1, 0.15) is 11.0 Å². The molecule has 19 heavy (non-hydrogen) atoms. The van der Waals surface area contributed by atoms with Crippen molar-refractivity contribution in [2.45, 2.75) is 0 Å². The number of hydrogen-bond acceptors (Lipinski definition) is 4. The fraction of sp³-hybridized carbons (Fsp3) is 0. The lowest BCUT2D eigenvalue weighted by molar-refractivity contribution is 0.315. The molecule has 0 unspecified atom stereocenters. The third-order valence-electron chi connectivity index (χ3n) is 3.19. The maximum absolute atomic E-state index is 4.79. The Labute approximate surface area is 108 Å². The zero-order valence-electron chi connectivity index (χ0n) is 9.95. The number of para-hydroxylation sites is 1. The van der Waals surface area contributed by atoms with Crippen LogP contribution in [0.1, 0.15) is 0 Å². The van der Waals surface area contributed by atoms with Gasteiger partial charge in [0.25, 0.3) is 0 Å². The molecule has 0 bridgehead atoms. The molecule has 90 valence electrons. The lowest BCUT2D eigenvalue weighted by atomic mass is 10.0. The Bertz CT molecular complexity index is 882. The van der Waals surface area contributed by atoms with E-state index in [0.29, 0.717) is 0 Å². The molecule has 2 heterocycles. The molecule has 0 aliphatic rings. The zero-order valence-corrected chi connectivity index (χ0v) is 9.95. The molecule has 0 aliphatic heterocycles. The normalized spacial score (nSPS) is 11.2. The minimum Gasteiger partial charge on any atom is -0.256 e. The summed E-state index contributed by atoms with van der Waals surface area (Å²) in [4.78, 5) is 4.47. The minimum absolute atomic E-state index is 0.755. The van der Waals surface area contributed by atoms with Crippen molar-refractivity contribution in [2.24, 2.45) is 0 Å². The quantitative estimate of drug-likeness (QED) is 0.517. The molecule has 0 N–H and O–H groups in total. The number of fused-ring (bicyclic) bond motifs is 2. The van der Waals surface area contributed by atoms with E-state index in [1.807, 2.05) is 48.7 Å². The summed E-state index contributed by atoms with van der Waals surface area (Å²) in [6, 6.07) is 16.0. The van der Waals surface area contributed by atoms with Crippen LogP contribution in [0, 0.1) is 0 Å². The SMILES string of the molecule is c1ccc2ncc(-c3cccc4nonc34)cc2c1. The van der Waals surface area contributed by atoms with Crippen LogP contribution in [0.15, 0.2) is 59.4 Å². The van der Waals surface area contributed by atoms with Crippen LogP contribution in [-0.4, -0.2) is 15.3 Å². The summed E-state index contributed by atoms with van der Waals surface area (Å²) in [5, 5.41) is 8.93. The van der Waals surface area contributed by atoms with Crippen LogP contribution >= 0.6 is 0 Å². The number of hydrogen-bond donors (Lipinski definition) is 0. The van der Waals surface area contributed by atoms with Crippen LogP contribution in [-0.2, 0) is 0 Å². The third kappa shape index (κ3) is 1.57. The van der Waals surface area contributed by atoms with Gasteiger partial charge < -0.3 is 0 Å². The smallest absolute Gasteiger partial charge is 0.143 e. The molecule has 0 fully saturated rings. The second-order valence-electron chi connectivity index (χ2n) is 4.35. The predicted octanol–water partition coefficient (Wildman–Crippen LogP) is 3.44. The van der Waals surface area contributed by atoms with Gasteiger partial charge in [0, 0.05) is 22.7 Å². The monoisotopic (exact) mass is 247 g/mol. The average Bonchev–Trinajstić information content (AvgIpc) is 2.95. The summed E-state index contributed by atoms with van der Waals surface area (Å²) in [6.07, 6.45) is 1.85. The van der Waals surface area contributed by atoms with Gasteiger partial charge in [0.2, 0.25) is 0 Å². The molecule has 4 heteroatoms. The molecular weight excluding hydrogens is 238 g/mol. The Balaban J connectivity index is 2.01. The molecule has 0 aliphatic carbocycles. The van der Waals surface area contributed by atoms with Crippen molar-refractivity contribution in [3.8, 4) is 11.1 Å². The Kier molecular flexibility index (Phi) is 2.08. The number of pyridine rings is 1. The van der Waals surface area contributed by atoms with E-state index in [1.54, 1.807) is 0 Å². The van der Waals surface area contributed by atoms with Crippen LogP contribution in [0.25, 0.3) is 33.1 Å². The first-order valence-corrected chi connectivity index (χ1v) is 5.98. The van der Waals surface area contributed by atoms with Gasteiger partial charge in [0.05, 0.1) is 5.52 Å². The molecule has 0 atom stereocenters. The highest BCUT2D eigenvalue weighted by Gasteiger charge is 2.09. The molecule has 0 saturated carbocycles. The number of rotatable bonds is 1. The van der Waals surface area contributed by atoms with Gasteiger partial charge in [-0.25, -0.2) is 4.63 Å². The highest BCUT2D eigenvalue weighted by Crippen LogP contribution is 2.27. The lowest BCUT2D eigenvalue weighted by Crippen LogP contribution is -1.84. The Morgan fingerprint density at radius 1 is 0.842 bits per heavy atom. The second kappa shape index (κ2) is 3.88. The zero-order chi connectivity index (χ0) is 12.7. The Morgan fingerprint density at radius 3 is 2.74 bits per heavy atom. The van der Waals surface area contributed by atoms with E-state index in [2.05, 4.69) is 21.4 Å². The molecule has 4 rings (SSSR count). The first kappa shape index (κ1) is 10.2. The van der Waals surface area contributed by atoms with Gasteiger partial charge in [-0.2, -0.15) is 0 Å². The van der Waals surface area contributed by atoms with E-state index in [4.69, 9.17) is 4.63 Å². The fourth-order valence-electron chi connectivity index (χ4n) is 2.26. The Morgan fingerprint density at radius 2 is 1.74 bits per heavy atom. The molecule has 0 saturated heterocycles. The van der Waals surface area contributed by atoms with Gasteiger partial charge >= 0.3 is 0 Å². The van der Waals surface area contributed by atoms with E-state index >= 15 is 0 Å². The predicted molar refractivity (Wildman–Crippen MR) is 72.5 cm³/mol. The highest BCUT2D eigenvalue weighted by molar-refractivity contribution is 5.93. The van der Waals surface area contributed by atoms with Gasteiger partial charge in [-0.1, -0.05) is 30.3 Å². The molecule has 0 amide bonds. The lowest BCUT2D eigenvalue weighted by Gasteiger charge is -2.03. The molecule has 4 nitrogen and oxygen atoms in total. The summed E-state index contributed by atoms with van der Waals surface area (Å²) >= 11 is 0. The third-order valence-corrected chi connectivity index (χ3v) is 3.19. The van der Waals surface area contributed by atoms with E-state index in [-0.39, 0.29) is 0 Å². The van der Waals surface area contributed by atoms with Gasteiger partial charge in [0.15, 0.2) is 0 Å². The van der Waals surface area contributed by atoms with Crippen molar-refractivity contribution < 1.29 is 4.63 Å². The van der Waals surface area contributed by atoms with Crippen molar-refractivity contribution >= 4 is 21.9 Å². The van der Waals surface area contributed by atoms with Crippen molar-refractivity contribution in [3.05, 3.63) is 54.7 Å². The van der Waals surface area contributed by atoms with Crippen molar-refractivity contribution in [1.82, 2.24) is 15.3 Å². The van der Waals surface area contributed by atoms with Crippen molar-refractivity contribution in [1.29, 1.82) is 0 Å². The molecule has 0 radical (unpaired) electrons. The standard InChI is InChI=1S/C15H9N3O/c1-2-6-13-10(4-1)8-11(9-16-13)12-5-3-7-14-15(12)18-19-17-14/h1-9H. The van der Waals surface area contributed by atoms with E-state index < -0.39 is 0 Å². The average molecular weight is 247 g/mol. The maximum atomic E-state index is 4.79. The first-order chi connectivity index (χ1) is 9.42. The van der Waals surface area contributed by atoms with E-state index in [9.17, 15) is 0 Å². The topological polar surface area (TPSA) is 51.8 Å². The number of nitrogens with zero attached hydrogens (tertiary/aromatic N) is 3. The van der Waals surface area contributed by atoms with E-state index in [0.717, 1.165) is 33.1 Å². The van der Waals surface area contributed by atoms with Crippen LogP contribution < -0.4 is 0 Å². The number of aromatic nitrogens is 3. The van der Waals surface area contributed by atoms with Crippen LogP contribution in [0.4, 0.5) is 0 Å². The summed E-state index contributed by atoms with van der Waals surface area (Å²) in [6.45, 7) is 0. The first-order valence-electron chi connectivity index (χ1n) is 5.98. The largest absolute Gasteiger partial charge is 0.256 e. The summed E-state index contributed by atoms with van der Waals surface area (Å²) < 4.78 is 4.79. The Hall–Kier alpha value is -2.75. The van der Waals surface area contributed by atoms with Crippen molar-refractivity contribution in [3.63, 3.8) is 0 Å². The summed E-state index contributed by atoms with van der Waals surface area (Å²) in [5.74, 6) is 0. The number of benzene rings is 2. The van der Waals surface area contributed by atoms with Gasteiger partial charge in [-0.3, -0.25) is 4.98 Å². The molecule has 2 aromatic carbocycles. The molecular formula is C15H9N3O. The van der Waals surface area contributed by atoms with Crippen molar-refractivity contribution in [2.75, 3.05) is 0 Å². The molecule has 0 spiro atoms. The highest BCUT2D eigenvalue weighted by atomic mass is 16.6. The van der Waals surface area contributed by atoms with Crippen LogP contribution in [0.5, 0.6) is 0 Å². The molecule has 2 aromatic heterocycles. The minimum atomic E-state index is 0.755. The van der Waals surface area contributed by atoms with E-state index in [1.165, 1.54) is 0 Å². The van der Waals surface area contributed by atoms with Gasteiger partial charge in [-0.15, -0.1) is 0 Å². The van der Waals surface area contributed by atoms with Gasteiger partial charge in [-0.05, 0) is 28.5 Å². The summed E-state index contributed by atoms with van der Waals surface area (Å²) in [5.41, 5.74) is 4.50. The summed E-state index contributed by atoms with van der Waals surface area (Å²) in [7, 11) is 0. The second-order valence-corrected chi connectivity index (χ2v) is 4.35. The molecule has 4 aromatic rings. The van der Waals surface area contributed by atoms with Crippen LogP contribution in [0.3, 0.4) is 0 Å². The fourth-order valence-corrected chi connectivity index (χ4v) is 2.26. The maximum Gasteiger partial charge on any atom is 0.143 e.